The zero-order valence-corrected chi connectivity index (χ0v) is 5.44. The molecule has 2 N–H and O–H groups in total. The van der Waals surface area contributed by atoms with Crippen LogP contribution in [-0.4, -0.2) is 24.3 Å². The molecule has 8 heavy (non-hydrogen) atoms. The molecule has 0 saturated carbocycles. The lowest BCUT2D eigenvalue weighted by atomic mass is 9.78. The van der Waals surface area contributed by atoms with E-state index in [0.29, 0.717) is 11.5 Å². The molecule has 0 aromatic carbocycles. The fourth-order valence-corrected chi connectivity index (χ4v) is 0.966. The minimum atomic E-state index is 0.271. The minimum Gasteiger partial charge on any atom is -0.395 e. The molecule has 0 aliphatic carbocycles. The van der Waals surface area contributed by atoms with Crippen molar-refractivity contribution in [1.29, 1.82) is 0 Å². The van der Waals surface area contributed by atoms with E-state index in [1.807, 2.05) is 0 Å². The molecule has 2 heteroatoms. The summed E-state index contributed by atoms with van der Waals surface area (Å²) in [6.45, 7) is 5.62. The summed E-state index contributed by atoms with van der Waals surface area (Å²) in [7, 11) is 0. The summed E-state index contributed by atoms with van der Waals surface area (Å²) in [5.74, 6) is 0. The normalized spacial score (nSPS) is 34.1. The first-order chi connectivity index (χ1) is 3.67. The van der Waals surface area contributed by atoms with Crippen molar-refractivity contribution in [3.8, 4) is 0 Å². The molecular formula is C6H13NO. The van der Waals surface area contributed by atoms with Crippen molar-refractivity contribution in [1.82, 2.24) is 5.32 Å². The average molecular weight is 115 g/mol. The Morgan fingerprint density at radius 3 is 2.38 bits per heavy atom. The SMILES string of the molecule is CC1(C)CNC1CO. The molecule has 1 aliphatic rings. The van der Waals surface area contributed by atoms with Gasteiger partial charge in [-0.1, -0.05) is 13.8 Å². The number of hydrogen-bond acceptors (Lipinski definition) is 2. The van der Waals surface area contributed by atoms with Crippen molar-refractivity contribution in [3.05, 3.63) is 0 Å². The predicted molar refractivity (Wildman–Crippen MR) is 32.7 cm³/mol. The molecule has 1 atom stereocenters. The van der Waals surface area contributed by atoms with Crippen LogP contribution in [0.2, 0.25) is 0 Å². The molecule has 2 nitrogen and oxygen atoms in total. The van der Waals surface area contributed by atoms with E-state index < -0.39 is 0 Å². The van der Waals surface area contributed by atoms with E-state index in [0.717, 1.165) is 6.54 Å². The summed E-state index contributed by atoms with van der Waals surface area (Å²) in [6, 6.07) is 0.336. The van der Waals surface area contributed by atoms with Gasteiger partial charge in [-0.3, -0.25) is 0 Å². The van der Waals surface area contributed by atoms with Gasteiger partial charge in [-0.15, -0.1) is 0 Å². The lowest BCUT2D eigenvalue weighted by molar-refractivity contribution is 0.0691. The molecule has 1 rings (SSSR count). The number of aliphatic hydroxyl groups excluding tert-OH is 1. The summed E-state index contributed by atoms with van der Waals surface area (Å²) in [4.78, 5) is 0. The van der Waals surface area contributed by atoms with E-state index in [9.17, 15) is 0 Å². The highest BCUT2D eigenvalue weighted by Gasteiger charge is 2.36. The largest absolute Gasteiger partial charge is 0.395 e. The molecule has 1 fully saturated rings. The molecule has 0 aromatic heterocycles. The van der Waals surface area contributed by atoms with Crippen LogP contribution in [0.25, 0.3) is 0 Å². The third-order valence-electron chi connectivity index (χ3n) is 1.93. The Labute approximate surface area is 49.9 Å². The van der Waals surface area contributed by atoms with Crippen LogP contribution in [0, 0.1) is 5.41 Å². The topological polar surface area (TPSA) is 32.3 Å². The van der Waals surface area contributed by atoms with E-state index in [2.05, 4.69) is 19.2 Å². The minimum absolute atomic E-state index is 0.271. The standard InChI is InChI=1S/C6H13NO/c1-6(2)4-7-5(6)3-8/h5,7-8H,3-4H2,1-2H3. The summed E-state index contributed by atoms with van der Waals surface area (Å²) in [5, 5.41) is 11.8. The van der Waals surface area contributed by atoms with Gasteiger partial charge in [0.15, 0.2) is 0 Å². The molecule has 0 amide bonds. The highest BCUT2D eigenvalue weighted by molar-refractivity contribution is 4.94. The first-order valence-electron chi connectivity index (χ1n) is 3.01. The fraction of sp³-hybridized carbons (Fsp3) is 1.00. The second-order valence-electron chi connectivity index (χ2n) is 3.10. The summed E-state index contributed by atoms with van der Waals surface area (Å²) in [5.41, 5.74) is 0.328. The van der Waals surface area contributed by atoms with Gasteiger partial charge in [0.2, 0.25) is 0 Å². The number of hydrogen-bond donors (Lipinski definition) is 2. The molecule has 1 saturated heterocycles. The van der Waals surface area contributed by atoms with Crippen molar-refractivity contribution in [2.45, 2.75) is 19.9 Å². The van der Waals surface area contributed by atoms with Crippen LogP contribution < -0.4 is 5.32 Å². The summed E-state index contributed by atoms with van der Waals surface area (Å²) >= 11 is 0. The van der Waals surface area contributed by atoms with Gasteiger partial charge >= 0.3 is 0 Å². The van der Waals surface area contributed by atoms with Gasteiger partial charge in [0.25, 0.3) is 0 Å². The fourth-order valence-electron chi connectivity index (χ4n) is 0.966. The monoisotopic (exact) mass is 115 g/mol. The highest BCUT2D eigenvalue weighted by atomic mass is 16.3. The van der Waals surface area contributed by atoms with E-state index >= 15 is 0 Å². The van der Waals surface area contributed by atoms with Gasteiger partial charge in [0, 0.05) is 12.6 Å². The Morgan fingerprint density at radius 2 is 2.38 bits per heavy atom. The van der Waals surface area contributed by atoms with Crippen LogP contribution >= 0.6 is 0 Å². The zero-order valence-electron chi connectivity index (χ0n) is 5.44. The first-order valence-corrected chi connectivity index (χ1v) is 3.01. The van der Waals surface area contributed by atoms with Gasteiger partial charge < -0.3 is 10.4 Å². The Hall–Kier alpha value is -0.0800. The van der Waals surface area contributed by atoms with Crippen molar-refractivity contribution in [2.75, 3.05) is 13.2 Å². The Morgan fingerprint density at radius 1 is 1.75 bits per heavy atom. The van der Waals surface area contributed by atoms with E-state index in [1.165, 1.54) is 0 Å². The maximum atomic E-state index is 8.66. The lowest BCUT2D eigenvalue weighted by Gasteiger charge is -2.44. The molecule has 1 unspecified atom stereocenters. The average Bonchev–Trinajstić information content (AvgIpc) is 1.66. The lowest BCUT2D eigenvalue weighted by Crippen LogP contribution is -2.61. The van der Waals surface area contributed by atoms with Gasteiger partial charge in [-0.05, 0) is 5.41 Å². The van der Waals surface area contributed by atoms with E-state index in [1.54, 1.807) is 0 Å². The van der Waals surface area contributed by atoms with Gasteiger partial charge in [-0.2, -0.15) is 0 Å². The van der Waals surface area contributed by atoms with Crippen LogP contribution in [-0.2, 0) is 0 Å². The molecule has 0 spiro atoms. The molecule has 0 aromatic rings. The summed E-state index contributed by atoms with van der Waals surface area (Å²) < 4.78 is 0. The second-order valence-corrected chi connectivity index (χ2v) is 3.10. The van der Waals surface area contributed by atoms with Crippen molar-refractivity contribution >= 4 is 0 Å². The molecular weight excluding hydrogens is 102 g/mol. The Bertz CT molecular complexity index is 88.5. The van der Waals surface area contributed by atoms with Crippen molar-refractivity contribution in [2.24, 2.45) is 5.41 Å². The van der Waals surface area contributed by atoms with Gasteiger partial charge in [0.1, 0.15) is 0 Å². The van der Waals surface area contributed by atoms with Crippen LogP contribution in [0.4, 0.5) is 0 Å². The molecule has 0 radical (unpaired) electrons. The van der Waals surface area contributed by atoms with Crippen LogP contribution in [0.1, 0.15) is 13.8 Å². The molecule has 0 bridgehead atoms. The molecule has 1 heterocycles. The molecule has 48 valence electrons. The maximum absolute atomic E-state index is 8.66. The predicted octanol–water partition coefficient (Wildman–Crippen LogP) is -0.0233. The second kappa shape index (κ2) is 1.71. The Balaban J connectivity index is 2.37. The third-order valence-corrected chi connectivity index (χ3v) is 1.93. The van der Waals surface area contributed by atoms with Gasteiger partial charge in [0.05, 0.1) is 6.61 Å². The van der Waals surface area contributed by atoms with Crippen LogP contribution in [0.15, 0.2) is 0 Å². The maximum Gasteiger partial charge on any atom is 0.0590 e. The number of nitrogens with one attached hydrogen (secondary N) is 1. The van der Waals surface area contributed by atoms with Crippen molar-refractivity contribution < 1.29 is 5.11 Å². The number of aliphatic hydroxyl groups is 1. The van der Waals surface area contributed by atoms with Gasteiger partial charge in [-0.25, -0.2) is 0 Å². The number of rotatable bonds is 1. The van der Waals surface area contributed by atoms with Crippen LogP contribution in [0.5, 0.6) is 0 Å². The zero-order chi connectivity index (χ0) is 6.20. The molecule has 1 aliphatic heterocycles. The smallest absolute Gasteiger partial charge is 0.0590 e. The Kier molecular flexibility index (Phi) is 1.29. The van der Waals surface area contributed by atoms with Crippen molar-refractivity contribution in [3.63, 3.8) is 0 Å². The first kappa shape index (κ1) is 6.05. The quantitative estimate of drug-likeness (QED) is 0.503. The van der Waals surface area contributed by atoms with E-state index in [4.69, 9.17) is 5.11 Å². The van der Waals surface area contributed by atoms with E-state index in [-0.39, 0.29) is 6.61 Å². The highest BCUT2D eigenvalue weighted by Crippen LogP contribution is 2.26. The third kappa shape index (κ3) is 0.740. The van der Waals surface area contributed by atoms with Crippen LogP contribution in [0.3, 0.4) is 0 Å². The summed E-state index contributed by atoms with van der Waals surface area (Å²) in [6.07, 6.45) is 0.